The molecular weight excluding hydrogens is 194 g/mol. The lowest BCUT2D eigenvalue weighted by Gasteiger charge is -2.12. The summed E-state index contributed by atoms with van der Waals surface area (Å²) in [4.78, 5) is 11.0. The molecule has 0 saturated carbocycles. The molecule has 1 aromatic rings. The van der Waals surface area contributed by atoms with Gasteiger partial charge in [0.15, 0.2) is 0 Å². The second-order valence-corrected chi connectivity index (χ2v) is 3.18. The first-order valence-corrected chi connectivity index (χ1v) is 4.58. The molecule has 0 aliphatic heterocycles. The van der Waals surface area contributed by atoms with E-state index in [4.69, 9.17) is 9.47 Å². The molecule has 1 rings (SSSR count). The van der Waals surface area contributed by atoms with Crippen LogP contribution < -0.4 is 14.8 Å². The Balaban J connectivity index is 3.17. The van der Waals surface area contributed by atoms with Gasteiger partial charge in [-0.25, -0.2) is 0 Å². The van der Waals surface area contributed by atoms with E-state index in [2.05, 4.69) is 5.32 Å². The zero-order chi connectivity index (χ0) is 11.4. The van der Waals surface area contributed by atoms with Gasteiger partial charge < -0.3 is 14.8 Å². The quantitative estimate of drug-likeness (QED) is 0.827. The molecule has 0 aliphatic carbocycles. The second kappa shape index (κ2) is 4.68. The van der Waals surface area contributed by atoms with Crippen molar-refractivity contribution < 1.29 is 14.3 Å². The third kappa shape index (κ3) is 2.62. The van der Waals surface area contributed by atoms with Gasteiger partial charge in [-0.05, 0) is 6.92 Å². The summed E-state index contributed by atoms with van der Waals surface area (Å²) in [6.07, 6.45) is 0. The Morgan fingerprint density at radius 3 is 2.40 bits per heavy atom. The third-order valence-corrected chi connectivity index (χ3v) is 2.10. The number of anilines is 1. The molecule has 15 heavy (non-hydrogen) atoms. The summed E-state index contributed by atoms with van der Waals surface area (Å²) >= 11 is 0. The van der Waals surface area contributed by atoms with Gasteiger partial charge in [0.25, 0.3) is 0 Å². The number of hydrogen-bond acceptors (Lipinski definition) is 3. The number of carbonyl (C=O) groups excluding carboxylic acids is 1. The Morgan fingerprint density at radius 2 is 1.93 bits per heavy atom. The molecule has 0 aromatic heterocycles. The molecule has 0 bridgehead atoms. The Labute approximate surface area is 89.2 Å². The highest BCUT2D eigenvalue weighted by Crippen LogP contribution is 2.31. The van der Waals surface area contributed by atoms with E-state index in [9.17, 15) is 4.79 Å². The highest BCUT2D eigenvalue weighted by atomic mass is 16.5. The van der Waals surface area contributed by atoms with Gasteiger partial charge >= 0.3 is 0 Å². The van der Waals surface area contributed by atoms with Crippen LogP contribution in [0.1, 0.15) is 12.5 Å². The Bertz CT molecular complexity index is 374. The van der Waals surface area contributed by atoms with Crippen molar-refractivity contribution in [1.29, 1.82) is 0 Å². The van der Waals surface area contributed by atoms with E-state index >= 15 is 0 Å². The second-order valence-electron chi connectivity index (χ2n) is 3.18. The van der Waals surface area contributed by atoms with Crippen molar-refractivity contribution in [2.24, 2.45) is 0 Å². The molecule has 0 radical (unpaired) electrons. The van der Waals surface area contributed by atoms with Crippen molar-refractivity contribution in [3.63, 3.8) is 0 Å². The van der Waals surface area contributed by atoms with Crippen molar-refractivity contribution in [2.75, 3.05) is 19.5 Å². The van der Waals surface area contributed by atoms with Gasteiger partial charge in [-0.1, -0.05) is 0 Å². The van der Waals surface area contributed by atoms with E-state index in [1.54, 1.807) is 26.4 Å². The van der Waals surface area contributed by atoms with Crippen LogP contribution in [0, 0.1) is 6.92 Å². The van der Waals surface area contributed by atoms with E-state index in [-0.39, 0.29) is 5.91 Å². The summed E-state index contributed by atoms with van der Waals surface area (Å²) in [5, 5.41) is 2.72. The molecule has 0 aliphatic rings. The van der Waals surface area contributed by atoms with E-state index < -0.39 is 0 Å². The molecule has 0 saturated heterocycles. The molecule has 1 aromatic carbocycles. The van der Waals surface area contributed by atoms with Crippen molar-refractivity contribution >= 4 is 11.6 Å². The van der Waals surface area contributed by atoms with Gasteiger partial charge in [-0.3, -0.25) is 4.79 Å². The van der Waals surface area contributed by atoms with Crippen LogP contribution >= 0.6 is 0 Å². The number of rotatable bonds is 3. The topological polar surface area (TPSA) is 47.6 Å². The summed E-state index contributed by atoms with van der Waals surface area (Å²) in [5.41, 5.74) is 1.59. The fourth-order valence-corrected chi connectivity index (χ4v) is 1.31. The lowest BCUT2D eigenvalue weighted by molar-refractivity contribution is -0.114. The molecule has 4 nitrogen and oxygen atoms in total. The minimum atomic E-state index is -0.117. The minimum Gasteiger partial charge on any atom is -0.497 e. The Kier molecular flexibility index (Phi) is 3.55. The van der Waals surface area contributed by atoms with Crippen LogP contribution in [-0.2, 0) is 4.79 Å². The lowest BCUT2D eigenvalue weighted by Crippen LogP contribution is -2.08. The van der Waals surface area contributed by atoms with E-state index in [0.717, 1.165) is 5.56 Å². The standard InChI is InChI=1S/C11H15NO3/c1-7-10(12-8(2)13)5-9(14-3)6-11(7)15-4/h5-6H,1-4H3,(H,12,13). The van der Waals surface area contributed by atoms with Crippen molar-refractivity contribution in [3.05, 3.63) is 17.7 Å². The van der Waals surface area contributed by atoms with E-state index in [0.29, 0.717) is 17.2 Å². The number of amides is 1. The molecular formula is C11H15NO3. The predicted octanol–water partition coefficient (Wildman–Crippen LogP) is 1.97. The fraction of sp³-hybridized carbons (Fsp3) is 0.364. The lowest BCUT2D eigenvalue weighted by atomic mass is 10.1. The summed E-state index contributed by atoms with van der Waals surface area (Å²) in [6, 6.07) is 3.54. The molecule has 4 heteroatoms. The number of nitrogens with one attached hydrogen (secondary N) is 1. The molecule has 0 fully saturated rings. The molecule has 0 unspecified atom stereocenters. The normalized spacial score (nSPS) is 9.60. The number of hydrogen-bond donors (Lipinski definition) is 1. The number of methoxy groups -OCH3 is 2. The van der Waals surface area contributed by atoms with Crippen LogP contribution in [0.15, 0.2) is 12.1 Å². The summed E-state index contributed by atoms with van der Waals surface area (Å²) in [7, 11) is 3.15. The van der Waals surface area contributed by atoms with Gasteiger partial charge in [0.2, 0.25) is 5.91 Å². The summed E-state index contributed by atoms with van der Waals surface area (Å²) < 4.78 is 10.3. The maximum Gasteiger partial charge on any atom is 0.221 e. The molecule has 0 heterocycles. The van der Waals surface area contributed by atoms with Crippen LogP contribution in [0.5, 0.6) is 11.5 Å². The molecule has 1 N–H and O–H groups in total. The van der Waals surface area contributed by atoms with Crippen LogP contribution in [0.3, 0.4) is 0 Å². The van der Waals surface area contributed by atoms with Crippen molar-refractivity contribution in [2.45, 2.75) is 13.8 Å². The van der Waals surface area contributed by atoms with Crippen LogP contribution in [0.25, 0.3) is 0 Å². The fourth-order valence-electron chi connectivity index (χ4n) is 1.31. The van der Waals surface area contributed by atoms with Gasteiger partial charge in [-0.15, -0.1) is 0 Å². The molecule has 82 valence electrons. The van der Waals surface area contributed by atoms with Crippen LogP contribution in [-0.4, -0.2) is 20.1 Å². The zero-order valence-corrected chi connectivity index (χ0v) is 9.38. The number of ether oxygens (including phenoxy) is 2. The van der Waals surface area contributed by atoms with Crippen molar-refractivity contribution in [3.8, 4) is 11.5 Å². The third-order valence-electron chi connectivity index (χ3n) is 2.10. The van der Waals surface area contributed by atoms with Gasteiger partial charge in [0.05, 0.1) is 19.9 Å². The largest absolute Gasteiger partial charge is 0.497 e. The molecule has 0 atom stereocenters. The maximum absolute atomic E-state index is 11.0. The monoisotopic (exact) mass is 209 g/mol. The van der Waals surface area contributed by atoms with Crippen LogP contribution in [0.2, 0.25) is 0 Å². The highest BCUT2D eigenvalue weighted by Gasteiger charge is 2.08. The minimum absolute atomic E-state index is 0.117. The zero-order valence-electron chi connectivity index (χ0n) is 9.38. The SMILES string of the molecule is COc1cc(NC(C)=O)c(C)c(OC)c1. The van der Waals surface area contributed by atoms with Gasteiger partial charge in [0, 0.05) is 24.6 Å². The number of benzene rings is 1. The van der Waals surface area contributed by atoms with Crippen molar-refractivity contribution in [1.82, 2.24) is 0 Å². The van der Waals surface area contributed by atoms with E-state index in [1.165, 1.54) is 6.92 Å². The first-order chi connectivity index (χ1) is 7.08. The first-order valence-electron chi connectivity index (χ1n) is 4.58. The summed E-state index contributed by atoms with van der Waals surface area (Å²) in [5.74, 6) is 1.23. The van der Waals surface area contributed by atoms with Crippen LogP contribution in [0.4, 0.5) is 5.69 Å². The van der Waals surface area contributed by atoms with Gasteiger partial charge in [-0.2, -0.15) is 0 Å². The average Bonchev–Trinajstić information content (AvgIpc) is 2.20. The summed E-state index contributed by atoms with van der Waals surface area (Å²) in [6.45, 7) is 3.34. The highest BCUT2D eigenvalue weighted by molar-refractivity contribution is 5.90. The van der Waals surface area contributed by atoms with E-state index in [1.807, 2.05) is 6.92 Å². The molecule has 1 amide bonds. The van der Waals surface area contributed by atoms with Gasteiger partial charge in [0.1, 0.15) is 11.5 Å². The Morgan fingerprint density at radius 1 is 1.27 bits per heavy atom. The smallest absolute Gasteiger partial charge is 0.221 e. The number of carbonyl (C=O) groups is 1. The maximum atomic E-state index is 11.0. The predicted molar refractivity (Wildman–Crippen MR) is 58.6 cm³/mol. The molecule has 0 spiro atoms. The Hall–Kier alpha value is -1.71. The first kappa shape index (κ1) is 11.4. The average molecular weight is 209 g/mol.